The normalized spacial score (nSPS) is 12.3. The maximum atomic E-state index is 12.3. The molecule has 5 heteroatoms. The Morgan fingerprint density at radius 3 is 2.53 bits per heavy atom. The van der Waals surface area contributed by atoms with Gasteiger partial charge in [-0.1, -0.05) is 28.1 Å². The largest absolute Gasteiger partial charge is 0.416 e. The second kappa shape index (κ2) is 4.81. The van der Waals surface area contributed by atoms with E-state index in [-0.39, 0.29) is 6.61 Å². The summed E-state index contributed by atoms with van der Waals surface area (Å²) in [5, 5.41) is 8.52. The molecular weight excluding hydrogens is 273 g/mol. The van der Waals surface area contributed by atoms with Gasteiger partial charge in [-0.05, 0) is 23.8 Å². The first kappa shape index (κ1) is 12.3. The molecule has 0 aliphatic carbocycles. The van der Waals surface area contributed by atoms with Crippen molar-refractivity contribution in [3.8, 4) is 0 Å². The fourth-order valence-electron chi connectivity index (χ4n) is 1.03. The highest BCUT2D eigenvalue weighted by Gasteiger charge is 2.30. The minimum absolute atomic E-state index is 0.206. The second-order valence-corrected chi connectivity index (χ2v) is 3.67. The van der Waals surface area contributed by atoms with Crippen LogP contribution in [-0.2, 0) is 6.18 Å². The topological polar surface area (TPSA) is 20.2 Å². The summed E-state index contributed by atoms with van der Waals surface area (Å²) in [4.78, 5) is 0. The highest BCUT2D eigenvalue weighted by atomic mass is 79.9. The van der Waals surface area contributed by atoms with Gasteiger partial charge in [-0.2, -0.15) is 13.2 Å². The first-order valence-electron chi connectivity index (χ1n) is 4.09. The molecule has 0 saturated heterocycles. The molecule has 0 radical (unpaired) electrons. The van der Waals surface area contributed by atoms with Crippen LogP contribution in [-0.4, -0.2) is 11.7 Å². The van der Waals surface area contributed by atoms with Crippen molar-refractivity contribution in [2.75, 3.05) is 6.61 Å². The molecule has 0 saturated carbocycles. The molecule has 82 valence electrons. The van der Waals surface area contributed by atoms with E-state index in [0.717, 1.165) is 12.1 Å². The van der Waals surface area contributed by atoms with E-state index < -0.39 is 11.7 Å². The number of rotatable bonds is 2. The minimum Gasteiger partial charge on any atom is -0.392 e. The summed E-state index contributed by atoms with van der Waals surface area (Å²) in [6.45, 7) is -0.206. The number of hydrogen-bond acceptors (Lipinski definition) is 1. The van der Waals surface area contributed by atoms with Gasteiger partial charge in [-0.25, -0.2) is 0 Å². The molecule has 0 fully saturated rings. The Bertz CT molecular complexity index is 371. The lowest BCUT2D eigenvalue weighted by Gasteiger charge is -2.08. The number of aliphatic hydroxyl groups excluding tert-OH is 1. The Kier molecular flexibility index (Phi) is 3.93. The Labute approximate surface area is 93.4 Å². The van der Waals surface area contributed by atoms with Gasteiger partial charge in [0, 0.05) is 4.47 Å². The molecule has 1 nitrogen and oxygen atoms in total. The van der Waals surface area contributed by atoms with E-state index in [1.54, 1.807) is 0 Å². The molecule has 0 heterocycles. The molecule has 1 rings (SSSR count). The van der Waals surface area contributed by atoms with Crippen molar-refractivity contribution >= 4 is 22.0 Å². The number of alkyl halides is 3. The first-order valence-corrected chi connectivity index (χ1v) is 4.88. The highest BCUT2D eigenvalue weighted by Crippen LogP contribution is 2.32. The number of halogens is 4. The maximum Gasteiger partial charge on any atom is 0.416 e. The van der Waals surface area contributed by atoms with Crippen LogP contribution in [0.2, 0.25) is 0 Å². The third kappa shape index (κ3) is 3.35. The van der Waals surface area contributed by atoms with Gasteiger partial charge in [-0.3, -0.25) is 0 Å². The molecule has 0 aliphatic rings. The van der Waals surface area contributed by atoms with E-state index in [1.165, 1.54) is 18.2 Å². The number of benzene rings is 1. The van der Waals surface area contributed by atoms with Gasteiger partial charge in [0.05, 0.1) is 12.2 Å². The average Bonchev–Trinajstić information content (AvgIpc) is 2.15. The minimum atomic E-state index is -4.34. The van der Waals surface area contributed by atoms with Crippen LogP contribution in [0.15, 0.2) is 28.7 Å². The predicted octanol–water partition coefficient (Wildman–Crippen LogP) is 3.47. The Morgan fingerprint density at radius 1 is 1.33 bits per heavy atom. The molecule has 0 spiro atoms. The molecular formula is C10H8BrF3O. The molecule has 0 aliphatic heterocycles. The van der Waals surface area contributed by atoms with Crippen molar-refractivity contribution in [2.24, 2.45) is 0 Å². The van der Waals surface area contributed by atoms with Crippen LogP contribution in [0.3, 0.4) is 0 Å². The lowest BCUT2D eigenvalue weighted by molar-refractivity contribution is -0.137. The van der Waals surface area contributed by atoms with Crippen molar-refractivity contribution in [2.45, 2.75) is 6.18 Å². The summed E-state index contributed by atoms with van der Waals surface area (Å²) >= 11 is 3.13. The Morgan fingerprint density at radius 2 is 2.00 bits per heavy atom. The monoisotopic (exact) mass is 280 g/mol. The summed E-state index contributed by atoms with van der Waals surface area (Å²) in [6, 6.07) is 3.36. The predicted molar refractivity (Wildman–Crippen MR) is 55.3 cm³/mol. The van der Waals surface area contributed by atoms with Crippen LogP contribution in [0.4, 0.5) is 13.2 Å². The quantitative estimate of drug-likeness (QED) is 0.880. The molecule has 1 aromatic carbocycles. The van der Waals surface area contributed by atoms with E-state index in [0.29, 0.717) is 10.0 Å². The molecule has 15 heavy (non-hydrogen) atoms. The summed E-state index contributed by atoms with van der Waals surface area (Å²) in [5.74, 6) is 0. The van der Waals surface area contributed by atoms with Crippen LogP contribution in [0, 0.1) is 0 Å². The zero-order valence-corrected chi connectivity index (χ0v) is 9.14. The number of hydrogen-bond donors (Lipinski definition) is 1. The van der Waals surface area contributed by atoms with Gasteiger partial charge >= 0.3 is 6.18 Å². The molecule has 0 atom stereocenters. The van der Waals surface area contributed by atoms with Gasteiger partial charge in [0.25, 0.3) is 0 Å². The summed E-state index contributed by atoms with van der Waals surface area (Å²) in [7, 11) is 0. The van der Waals surface area contributed by atoms with E-state index in [2.05, 4.69) is 15.9 Å². The van der Waals surface area contributed by atoms with Gasteiger partial charge in [0.1, 0.15) is 0 Å². The average molecular weight is 281 g/mol. The third-order valence-corrected chi connectivity index (χ3v) is 2.45. The standard InChI is InChI=1S/C10H8BrF3O/c11-9-4-3-8(10(12,13)14)6-7(9)2-1-5-15/h1-4,6,15H,5H2/b2-1+. The SMILES string of the molecule is OC/C=C/c1cc(C(F)(F)F)ccc1Br. The summed E-state index contributed by atoms with van der Waals surface area (Å²) in [6.07, 6.45) is -1.54. The zero-order valence-electron chi connectivity index (χ0n) is 7.55. The highest BCUT2D eigenvalue weighted by molar-refractivity contribution is 9.10. The van der Waals surface area contributed by atoms with Crippen molar-refractivity contribution in [3.63, 3.8) is 0 Å². The van der Waals surface area contributed by atoms with Gasteiger partial charge in [0.2, 0.25) is 0 Å². The lowest BCUT2D eigenvalue weighted by atomic mass is 10.1. The van der Waals surface area contributed by atoms with E-state index in [4.69, 9.17) is 5.11 Å². The molecule has 0 aromatic heterocycles. The number of aliphatic hydroxyl groups is 1. The first-order chi connectivity index (χ1) is 6.95. The second-order valence-electron chi connectivity index (χ2n) is 2.82. The summed E-state index contributed by atoms with van der Waals surface area (Å²) < 4.78 is 37.6. The van der Waals surface area contributed by atoms with Crippen molar-refractivity contribution in [3.05, 3.63) is 39.9 Å². The fraction of sp³-hybridized carbons (Fsp3) is 0.200. The van der Waals surface area contributed by atoms with Crippen molar-refractivity contribution in [1.29, 1.82) is 0 Å². The smallest absolute Gasteiger partial charge is 0.392 e. The Balaban J connectivity index is 3.11. The van der Waals surface area contributed by atoms with Crippen LogP contribution >= 0.6 is 15.9 Å². The molecule has 1 N–H and O–H groups in total. The van der Waals surface area contributed by atoms with Crippen LogP contribution in [0.25, 0.3) is 6.08 Å². The molecule has 1 aromatic rings. The van der Waals surface area contributed by atoms with E-state index in [1.807, 2.05) is 0 Å². The van der Waals surface area contributed by atoms with Crippen LogP contribution < -0.4 is 0 Å². The van der Waals surface area contributed by atoms with Gasteiger partial charge < -0.3 is 5.11 Å². The van der Waals surface area contributed by atoms with Crippen LogP contribution in [0.5, 0.6) is 0 Å². The van der Waals surface area contributed by atoms with Crippen molar-refractivity contribution in [1.82, 2.24) is 0 Å². The molecule has 0 bridgehead atoms. The third-order valence-electron chi connectivity index (χ3n) is 1.73. The van der Waals surface area contributed by atoms with Crippen molar-refractivity contribution < 1.29 is 18.3 Å². The molecule has 0 unspecified atom stereocenters. The lowest BCUT2D eigenvalue weighted by Crippen LogP contribution is -2.04. The Hall–Kier alpha value is -0.810. The van der Waals surface area contributed by atoms with Gasteiger partial charge in [0.15, 0.2) is 0 Å². The maximum absolute atomic E-state index is 12.3. The fourth-order valence-corrected chi connectivity index (χ4v) is 1.41. The summed E-state index contributed by atoms with van der Waals surface area (Å²) in [5.41, 5.74) is -0.317. The van der Waals surface area contributed by atoms with E-state index >= 15 is 0 Å². The molecule has 0 amide bonds. The van der Waals surface area contributed by atoms with E-state index in [9.17, 15) is 13.2 Å². The zero-order chi connectivity index (χ0) is 11.5. The van der Waals surface area contributed by atoms with Crippen LogP contribution in [0.1, 0.15) is 11.1 Å². The van der Waals surface area contributed by atoms with Gasteiger partial charge in [-0.15, -0.1) is 0 Å².